The molecule has 0 aromatic heterocycles. The van der Waals surface area contributed by atoms with Crippen LogP contribution in [-0.4, -0.2) is 24.4 Å². The molecule has 0 heterocycles. The van der Waals surface area contributed by atoms with Gasteiger partial charge in [0.2, 0.25) is 0 Å². The summed E-state index contributed by atoms with van der Waals surface area (Å²) in [6.45, 7) is 5.00. The summed E-state index contributed by atoms with van der Waals surface area (Å²) in [5.41, 5.74) is 1.05. The number of hydrogen-bond donors (Lipinski definition) is 2. The number of carbonyl (C=O) groups is 1. The van der Waals surface area contributed by atoms with Crippen molar-refractivity contribution in [1.29, 1.82) is 0 Å². The van der Waals surface area contributed by atoms with Crippen molar-refractivity contribution in [2.24, 2.45) is 11.3 Å². The van der Waals surface area contributed by atoms with Crippen molar-refractivity contribution in [2.75, 3.05) is 18.9 Å². The van der Waals surface area contributed by atoms with Crippen LogP contribution >= 0.6 is 0 Å². The zero-order valence-electron chi connectivity index (χ0n) is 11.9. The molecule has 6 heteroatoms. The second kappa shape index (κ2) is 5.11. The Bertz CT molecular complexity index is 555. The molecule has 1 fully saturated rings. The van der Waals surface area contributed by atoms with E-state index in [1.54, 1.807) is 7.05 Å². The number of hydrogen-bond acceptors (Lipinski definition) is 4. The largest absolute Gasteiger partial charge is 0.383 e. The lowest BCUT2D eigenvalue weighted by atomic mass is 10.1. The zero-order valence-corrected chi connectivity index (χ0v) is 11.9. The van der Waals surface area contributed by atoms with Crippen molar-refractivity contribution in [1.82, 2.24) is 5.32 Å². The van der Waals surface area contributed by atoms with Gasteiger partial charge in [-0.15, -0.1) is 0 Å². The van der Waals surface area contributed by atoms with Gasteiger partial charge in [0.25, 0.3) is 11.6 Å². The van der Waals surface area contributed by atoms with Gasteiger partial charge < -0.3 is 10.6 Å². The van der Waals surface area contributed by atoms with E-state index in [1.807, 2.05) is 0 Å². The third-order valence-corrected chi connectivity index (χ3v) is 3.95. The fourth-order valence-corrected chi connectivity index (χ4v) is 2.28. The number of nitrogens with zero attached hydrogens (tertiary/aromatic N) is 1. The first kappa shape index (κ1) is 14.3. The normalized spacial score (nSPS) is 19.2. The molecule has 1 aliphatic rings. The highest BCUT2D eigenvalue weighted by atomic mass is 16.6. The highest BCUT2D eigenvalue weighted by Crippen LogP contribution is 2.50. The number of rotatable bonds is 5. The van der Waals surface area contributed by atoms with Gasteiger partial charge in [0.1, 0.15) is 5.69 Å². The van der Waals surface area contributed by atoms with Gasteiger partial charge in [0, 0.05) is 25.2 Å². The number of nitro groups is 1. The molecule has 0 aliphatic heterocycles. The molecule has 2 N–H and O–H groups in total. The first-order valence-electron chi connectivity index (χ1n) is 6.59. The standard InChI is InChI=1S/C14H19N3O3/c1-14(2)7-10(14)8-16-13(18)9-4-5-12(17(19)20)11(6-9)15-3/h4-6,10,15H,7-8H2,1-3H3,(H,16,18). The Morgan fingerprint density at radius 2 is 2.15 bits per heavy atom. The molecule has 1 aromatic rings. The number of benzene rings is 1. The van der Waals surface area contributed by atoms with E-state index in [-0.39, 0.29) is 11.6 Å². The summed E-state index contributed by atoms with van der Waals surface area (Å²) >= 11 is 0. The van der Waals surface area contributed by atoms with Gasteiger partial charge in [-0.2, -0.15) is 0 Å². The van der Waals surface area contributed by atoms with Gasteiger partial charge >= 0.3 is 0 Å². The average Bonchev–Trinajstić information content (AvgIpc) is 3.02. The molecule has 108 valence electrons. The van der Waals surface area contributed by atoms with Crippen LogP contribution in [0.2, 0.25) is 0 Å². The van der Waals surface area contributed by atoms with E-state index in [2.05, 4.69) is 24.5 Å². The Morgan fingerprint density at radius 1 is 1.50 bits per heavy atom. The van der Waals surface area contributed by atoms with Crippen molar-refractivity contribution < 1.29 is 9.72 Å². The van der Waals surface area contributed by atoms with Crippen molar-refractivity contribution in [2.45, 2.75) is 20.3 Å². The van der Waals surface area contributed by atoms with Gasteiger partial charge in [0.05, 0.1) is 4.92 Å². The fraction of sp³-hybridized carbons (Fsp3) is 0.500. The molecule has 1 amide bonds. The lowest BCUT2D eigenvalue weighted by Gasteiger charge is -2.08. The lowest BCUT2D eigenvalue weighted by molar-refractivity contribution is -0.383. The quantitative estimate of drug-likeness (QED) is 0.639. The van der Waals surface area contributed by atoms with Gasteiger partial charge in [-0.1, -0.05) is 13.8 Å². The van der Waals surface area contributed by atoms with E-state index in [0.29, 0.717) is 29.1 Å². The Morgan fingerprint density at radius 3 is 2.65 bits per heavy atom. The SMILES string of the molecule is CNc1cc(C(=O)NCC2CC2(C)C)ccc1[N+](=O)[O-]. The predicted molar refractivity (Wildman–Crippen MR) is 76.9 cm³/mol. The highest BCUT2D eigenvalue weighted by Gasteiger charge is 2.45. The molecule has 1 aliphatic carbocycles. The molecule has 0 radical (unpaired) electrons. The minimum atomic E-state index is -0.472. The molecule has 1 saturated carbocycles. The first-order valence-corrected chi connectivity index (χ1v) is 6.59. The number of amides is 1. The second-order valence-electron chi connectivity index (χ2n) is 5.84. The number of anilines is 1. The minimum Gasteiger partial charge on any atom is -0.383 e. The maximum absolute atomic E-state index is 12.0. The molecule has 0 bridgehead atoms. The first-order chi connectivity index (χ1) is 9.35. The van der Waals surface area contributed by atoms with Crippen LogP contribution in [0.25, 0.3) is 0 Å². The molecule has 1 unspecified atom stereocenters. The van der Waals surface area contributed by atoms with Gasteiger partial charge in [-0.25, -0.2) is 0 Å². The third kappa shape index (κ3) is 2.89. The van der Waals surface area contributed by atoms with Crippen LogP contribution in [0.3, 0.4) is 0 Å². The number of nitro benzene ring substituents is 1. The fourth-order valence-electron chi connectivity index (χ4n) is 2.28. The minimum absolute atomic E-state index is 0.0348. The van der Waals surface area contributed by atoms with Crippen LogP contribution in [0.5, 0.6) is 0 Å². The number of nitrogens with one attached hydrogen (secondary N) is 2. The zero-order chi connectivity index (χ0) is 14.9. The van der Waals surface area contributed by atoms with E-state index in [9.17, 15) is 14.9 Å². The molecule has 2 rings (SSSR count). The molecular weight excluding hydrogens is 258 g/mol. The average molecular weight is 277 g/mol. The Balaban J connectivity index is 2.05. The number of carbonyl (C=O) groups excluding carboxylic acids is 1. The second-order valence-corrected chi connectivity index (χ2v) is 5.84. The van der Waals surface area contributed by atoms with Crippen molar-refractivity contribution in [3.8, 4) is 0 Å². The highest BCUT2D eigenvalue weighted by molar-refractivity contribution is 5.95. The van der Waals surface area contributed by atoms with Gasteiger partial charge in [-0.3, -0.25) is 14.9 Å². The maximum atomic E-state index is 12.0. The van der Waals surface area contributed by atoms with Gasteiger partial charge in [-0.05, 0) is 29.9 Å². The van der Waals surface area contributed by atoms with E-state index in [4.69, 9.17) is 0 Å². The Labute approximate surface area is 117 Å². The summed E-state index contributed by atoms with van der Waals surface area (Å²) in [5, 5.41) is 16.4. The Hall–Kier alpha value is -2.11. The molecule has 6 nitrogen and oxygen atoms in total. The Kier molecular flexibility index (Phi) is 3.65. The van der Waals surface area contributed by atoms with Crippen LogP contribution in [0.4, 0.5) is 11.4 Å². The van der Waals surface area contributed by atoms with Crippen LogP contribution in [0.1, 0.15) is 30.6 Å². The van der Waals surface area contributed by atoms with Crippen LogP contribution in [0.15, 0.2) is 18.2 Å². The van der Waals surface area contributed by atoms with E-state index >= 15 is 0 Å². The summed E-state index contributed by atoms with van der Waals surface area (Å²) in [6, 6.07) is 4.33. The summed E-state index contributed by atoms with van der Waals surface area (Å²) in [7, 11) is 1.59. The van der Waals surface area contributed by atoms with Crippen molar-refractivity contribution >= 4 is 17.3 Å². The molecule has 0 saturated heterocycles. The van der Waals surface area contributed by atoms with Crippen molar-refractivity contribution in [3.63, 3.8) is 0 Å². The van der Waals surface area contributed by atoms with E-state index < -0.39 is 4.92 Å². The monoisotopic (exact) mass is 277 g/mol. The van der Waals surface area contributed by atoms with Crippen LogP contribution in [-0.2, 0) is 0 Å². The summed E-state index contributed by atoms with van der Waals surface area (Å²) in [4.78, 5) is 22.4. The lowest BCUT2D eigenvalue weighted by Crippen LogP contribution is -2.26. The smallest absolute Gasteiger partial charge is 0.292 e. The molecule has 1 aromatic carbocycles. The maximum Gasteiger partial charge on any atom is 0.292 e. The summed E-state index contributed by atoms with van der Waals surface area (Å²) < 4.78 is 0. The predicted octanol–water partition coefficient (Wildman–Crippen LogP) is 2.41. The van der Waals surface area contributed by atoms with E-state index in [1.165, 1.54) is 18.2 Å². The molecule has 0 spiro atoms. The molecule has 1 atom stereocenters. The summed E-state index contributed by atoms with van der Waals surface area (Å²) in [6.07, 6.45) is 1.12. The molecular formula is C14H19N3O3. The van der Waals surface area contributed by atoms with Crippen molar-refractivity contribution in [3.05, 3.63) is 33.9 Å². The molecule has 20 heavy (non-hydrogen) atoms. The van der Waals surface area contributed by atoms with Gasteiger partial charge in [0.15, 0.2) is 0 Å². The van der Waals surface area contributed by atoms with Crippen LogP contribution < -0.4 is 10.6 Å². The summed E-state index contributed by atoms with van der Waals surface area (Å²) in [5.74, 6) is 0.326. The van der Waals surface area contributed by atoms with E-state index in [0.717, 1.165) is 6.42 Å². The third-order valence-electron chi connectivity index (χ3n) is 3.95. The topological polar surface area (TPSA) is 84.3 Å². The van der Waals surface area contributed by atoms with Crippen LogP contribution in [0, 0.1) is 21.4 Å².